The zero-order valence-corrected chi connectivity index (χ0v) is 11.8. The number of aryl methyl sites for hydroxylation is 2. The van der Waals surface area contributed by atoms with Gasteiger partial charge >= 0.3 is 5.97 Å². The third-order valence-electron chi connectivity index (χ3n) is 3.70. The number of aromatic amines is 1. The van der Waals surface area contributed by atoms with E-state index in [0.717, 1.165) is 33.3 Å². The third-order valence-corrected chi connectivity index (χ3v) is 3.70. The van der Waals surface area contributed by atoms with E-state index in [9.17, 15) is 4.79 Å². The van der Waals surface area contributed by atoms with Crippen molar-refractivity contribution < 1.29 is 9.90 Å². The molecule has 4 nitrogen and oxygen atoms in total. The summed E-state index contributed by atoms with van der Waals surface area (Å²) in [6.45, 7) is 2.07. The first kappa shape index (κ1) is 13.4. The number of nitrogens with one attached hydrogen (secondary N) is 1. The van der Waals surface area contributed by atoms with Gasteiger partial charge in [0.2, 0.25) is 0 Å². The summed E-state index contributed by atoms with van der Waals surface area (Å²) in [6.07, 6.45) is 4.30. The molecule has 0 saturated carbocycles. The molecule has 4 heteroatoms. The second-order valence-electron chi connectivity index (χ2n) is 5.14. The molecule has 21 heavy (non-hydrogen) atoms. The number of hydrogen-bond acceptors (Lipinski definition) is 2. The van der Waals surface area contributed by atoms with E-state index in [-0.39, 0.29) is 6.42 Å². The maximum Gasteiger partial charge on any atom is 0.303 e. The van der Waals surface area contributed by atoms with Crippen molar-refractivity contribution in [1.29, 1.82) is 0 Å². The molecule has 106 valence electrons. The van der Waals surface area contributed by atoms with Crippen molar-refractivity contribution >= 4 is 16.9 Å². The monoisotopic (exact) mass is 280 g/mol. The maximum atomic E-state index is 10.7. The van der Waals surface area contributed by atoms with Crippen molar-refractivity contribution in [3.05, 3.63) is 53.9 Å². The number of carbonyl (C=O) groups is 1. The van der Waals surface area contributed by atoms with Crippen molar-refractivity contribution in [3.63, 3.8) is 0 Å². The summed E-state index contributed by atoms with van der Waals surface area (Å²) in [6, 6.07) is 10.0. The molecule has 0 aliphatic carbocycles. The predicted octanol–water partition coefficient (Wildman–Crippen LogP) is 3.56. The van der Waals surface area contributed by atoms with E-state index in [1.54, 1.807) is 6.20 Å². The molecule has 3 rings (SSSR count). The lowest BCUT2D eigenvalue weighted by molar-refractivity contribution is -0.136. The van der Waals surface area contributed by atoms with Gasteiger partial charge in [-0.05, 0) is 48.7 Å². The average molecular weight is 280 g/mol. The fourth-order valence-electron chi connectivity index (χ4n) is 2.58. The van der Waals surface area contributed by atoms with Gasteiger partial charge in [0.1, 0.15) is 0 Å². The topological polar surface area (TPSA) is 66.0 Å². The maximum absolute atomic E-state index is 10.7. The van der Waals surface area contributed by atoms with Crippen LogP contribution in [0.4, 0.5) is 0 Å². The number of aliphatic carboxylic acids is 1. The van der Waals surface area contributed by atoms with Crippen LogP contribution < -0.4 is 0 Å². The predicted molar refractivity (Wildman–Crippen MR) is 82.2 cm³/mol. The number of carboxylic acids is 1. The summed E-state index contributed by atoms with van der Waals surface area (Å²) in [5.74, 6) is -0.767. The molecule has 2 N–H and O–H groups in total. The molecule has 0 unspecified atom stereocenters. The van der Waals surface area contributed by atoms with Crippen LogP contribution >= 0.6 is 0 Å². The van der Waals surface area contributed by atoms with Gasteiger partial charge in [0.15, 0.2) is 0 Å². The van der Waals surface area contributed by atoms with Crippen LogP contribution in [-0.4, -0.2) is 21.0 Å². The van der Waals surface area contributed by atoms with Gasteiger partial charge in [-0.15, -0.1) is 0 Å². The highest BCUT2D eigenvalue weighted by Gasteiger charge is 2.10. The van der Waals surface area contributed by atoms with Gasteiger partial charge in [-0.25, -0.2) is 0 Å². The van der Waals surface area contributed by atoms with Gasteiger partial charge < -0.3 is 10.1 Å². The Morgan fingerprint density at radius 1 is 1.33 bits per heavy atom. The lowest BCUT2D eigenvalue weighted by atomic mass is 10.0. The first-order valence-corrected chi connectivity index (χ1v) is 6.88. The van der Waals surface area contributed by atoms with E-state index < -0.39 is 5.97 Å². The first-order chi connectivity index (χ1) is 10.1. The molecule has 0 amide bonds. The molecule has 0 spiro atoms. The highest BCUT2D eigenvalue weighted by Crippen LogP contribution is 2.29. The Morgan fingerprint density at radius 3 is 2.90 bits per heavy atom. The van der Waals surface area contributed by atoms with Crippen LogP contribution in [0.15, 0.2) is 42.7 Å². The Labute approximate surface area is 122 Å². The Hall–Kier alpha value is -2.62. The molecule has 2 heterocycles. The van der Waals surface area contributed by atoms with Crippen LogP contribution in [0.5, 0.6) is 0 Å². The minimum atomic E-state index is -0.767. The van der Waals surface area contributed by atoms with Crippen LogP contribution in [0.1, 0.15) is 17.5 Å². The molecule has 0 aliphatic heterocycles. The summed E-state index contributed by atoms with van der Waals surface area (Å²) in [5.41, 5.74) is 5.39. The fourth-order valence-corrected chi connectivity index (χ4v) is 2.58. The fraction of sp³-hybridized carbons (Fsp3) is 0.176. The first-order valence-electron chi connectivity index (χ1n) is 6.88. The van der Waals surface area contributed by atoms with Gasteiger partial charge in [-0.1, -0.05) is 6.07 Å². The van der Waals surface area contributed by atoms with E-state index >= 15 is 0 Å². The van der Waals surface area contributed by atoms with Gasteiger partial charge in [-0.3, -0.25) is 9.78 Å². The SMILES string of the molecule is Cc1c(-c2cccnc2)[nH]c2ccc(CCC(=O)O)cc12. The van der Waals surface area contributed by atoms with Gasteiger partial charge in [0, 0.05) is 35.3 Å². The highest BCUT2D eigenvalue weighted by molar-refractivity contribution is 5.90. The zero-order valence-electron chi connectivity index (χ0n) is 11.8. The average Bonchev–Trinajstić information content (AvgIpc) is 2.83. The molecule has 3 aromatic rings. The van der Waals surface area contributed by atoms with E-state index in [1.165, 1.54) is 0 Å². The van der Waals surface area contributed by atoms with Crippen LogP contribution in [-0.2, 0) is 11.2 Å². The van der Waals surface area contributed by atoms with E-state index in [4.69, 9.17) is 5.11 Å². The summed E-state index contributed by atoms with van der Waals surface area (Å²) in [4.78, 5) is 18.2. The van der Waals surface area contributed by atoms with Gasteiger partial charge in [-0.2, -0.15) is 0 Å². The summed E-state index contributed by atoms with van der Waals surface area (Å²) in [7, 11) is 0. The number of hydrogen-bond donors (Lipinski definition) is 2. The number of fused-ring (bicyclic) bond motifs is 1. The van der Waals surface area contributed by atoms with Crippen molar-refractivity contribution in [2.45, 2.75) is 19.8 Å². The van der Waals surface area contributed by atoms with Crippen LogP contribution in [0.3, 0.4) is 0 Å². The summed E-state index contributed by atoms with van der Waals surface area (Å²) in [5, 5.41) is 9.92. The Morgan fingerprint density at radius 2 is 2.19 bits per heavy atom. The number of carboxylic acid groups (broad SMARTS) is 1. The van der Waals surface area contributed by atoms with Gasteiger partial charge in [0.25, 0.3) is 0 Å². The number of pyridine rings is 1. The van der Waals surface area contributed by atoms with Crippen LogP contribution in [0.2, 0.25) is 0 Å². The largest absolute Gasteiger partial charge is 0.481 e. The number of benzene rings is 1. The Bertz CT molecular complexity index is 791. The van der Waals surface area contributed by atoms with E-state index in [1.807, 2.05) is 30.5 Å². The highest BCUT2D eigenvalue weighted by atomic mass is 16.4. The number of nitrogens with zero attached hydrogens (tertiary/aromatic N) is 1. The lowest BCUT2D eigenvalue weighted by Gasteiger charge is -2.00. The van der Waals surface area contributed by atoms with Crippen molar-refractivity contribution in [2.75, 3.05) is 0 Å². The molecule has 0 fully saturated rings. The second kappa shape index (κ2) is 5.40. The summed E-state index contributed by atoms with van der Waals surface area (Å²) >= 11 is 0. The van der Waals surface area contributed by atoms with Crippen LogP contribution in [0, 0.1) is 6.92 Å². The molecule has 0 saturated heterocycles. The minimum absolute atomic E-state index is 0.157. The Balaban J connectivity index is 2.02. The van der Waals surface area contributed by atoms with E-state index in [0.29, 0.717) is 6.42 Å². The summed E-state index contributed by atoms with van der Waals surface area (Å²) < 4.78 is 0. The van der Waals surface area contributed by atoms with Gasteiger partial charge in [0.05, 0.1) is 5.69 Å². The minimum Gasteiger partial charge on any atom is -0.481 e. The third kappa shape index (κ3) is 2.65. The molecule has 0 atom stereocenters. The molecule has 1 aromatic carbocycles. The lowest BCUT2D eigenvalue weighted by Crippen LogP contribution is -1.97. The standard InChI is InChI=1S/C17H16N2O2/c1-11-14-9-12(5-7-16(20)21)4-6-15(14)19-17(11)13-3-2-8-18-10-13/h2-4,6,8-10,19H,5,7H2,1H3,(H,20,21). The molecule has 0 radical (unpaired) electrons. The van der Waals surface area contributed by atoms with Crippen molar-refractivity contribution in [2.24, 2.45) is 0 Å². The van der Waals surface area contributed by atoms with E-state index in [2.05, 4.69) is 23.0 Å². The molecule has 0 aliphatic rings. The van der Waals surface area contributed by atoms with Crippen molar-refractivity contribution in [3.8, 4) is 11.3 Å². The van der Waals surface area contributed by atoms with Crippen molar-refractivity contribution in [1.82, 2.24) is 9.97 Å². The number of rotatable bonds is 4. The molecular weight excluding hydrogens is 264 g/mol. The zero-order chi connectivity index (χ0) is 14.8. The molecular formula is C17H16N2O2. The second-order valence-corrected chi connectivity index (χ2v) is 5.14. The number of H-pyrrole nitrogens is 1. The smallest absolute Gasteiger partial charge is 0.303 e. The quantitative estimate of drug-likeness (QED) is 0.768. The normalized spacial score (nSPS) is 10.9. The molecule has 0 bridgehead atoms. The molecule has 2 aromatic heterocycles. The van der Waals surface area contributed by atoms with Crippen LogP contribution in [0.25, 0.3) is 22.2 Å². The number of aromatic nitrogens is 2. The Kier molecular flexibility index (Phi) is 3.44.